The number of hydrogen-bond acceptors (Lipinski definition) is 2. The average Bonchev–Trinajstić information content (AvgIpc) is 2.35. The summed E-state index contributed by atoms with van der Waals surface area (Å²) in [5, 5.41) is 8.88. The number of nitrogens with zero attached hydrogens (tertiary/aromatic N) is 1. The van der Waals surface area contributed by atoms with E-state index in [9.17, 15) is 9.59 Å². The van der Waals surface area contributed by atoms with Gasteiger partial charge in [0.15, 0.2) is 0 Å². The molecule has 1 amide bonds. The Morgan fingerprint density at radius 1 is 1.29 bits per heavy atom. The first kappa shape index (κ1) is 14.0. The normalized spacial score (nSPS) is 18.7. The Bertz CT molecular complexity index is 272. The lowest BCUT2D eigenvalue weighted by Crippen LogP contribution is -2.45. The van der Waals surface area contributed by atoms with Crippen LogP contribution < -0.4 is 0 Å². The van der Waals surface area contributed by atoms with Crippen molar-refractivity contribution < 1.29 is 14.7 Å². The molecule has 0 aliphatic heterocycles. The van der Waals surface area contributed by atoms with Gasteiger partial charge in [-0.05, 0) is 26.2 Å². The summed E-state index contributed by atoms with van der Waals surface area (Å²) < 4.78 is 0. The van der Waals surface area contributed by atoms with E-state index in [4.69, 9.17) is 5.11 Å². The second kappa shape index (κ2) is 6.62. The SMILES string of the molecule is CCC(C)N(CC(=O)O)C(=O)C1CCCCC1. The predicted octanol–water partition coefficient (Wildman–Crippen LogP) is 2.28. The highest BCUT2D eigenvalue weighted by atomic mass is 16.4. The Morgan fingerprint density at radius 2 is 1.88 bits per heavy atom. The summed E-state index contributed by atoms with van der Waals surface area (Å²) in [5.41, 5.74) is 0. The summed E-state index contributed by atoms with van der Waals surface area (Å²) in [6.45, 7) is 3.74. The van der Waals surface area contributed by atoms with Crippen LogP contribution in [-0.2, 0) is 9.59 Å². The predicted molar refractivity (Wildman–Crippen MR) is 65.7 cm³/mol. The molecule has 1 N–H and O–H groups in total. The zero-order chi connectivity index (χ0) is 12.8. The van der Waals surface area contributed by atoms with Crippen LogP contribution in [0, 0.1) is 5.92 Å². The minimum atomic E-state index is -0.922. The van der Waals surface area contributed by atoms with E-state index in [1.807, 2.05) is 13.8 Å². The third-order valence-corrected chi connectivity index (χ3v) is 3.67. The molecule has 4 heteroatoms. The third-order valence-electron chi connectivity index (χ3n) is 3.67. The van der Waals surface area contributed by atoms with Crippen LogP contribution in [0.1, 0.15) is 52.4 Å². The van der Waals surface area contributed by atoms with E-state index in [0.717, 1.165) is 32.1 Å². The number of aliphatic carboxylic acids is 1. The van der Waals surface area contributed by atoms with Crippen LogP contribution in [0.2, 0.25) is 0 Å². The molecule has 0 aromatic carbocycles. The Labute approximate surface area is 103 Å². The fourth-order valence-electron chi connectivity index (χ4n) is 2.40. The highest BCUT2D eigenvalue weighted by molar-refractivity contribution is 5.83. The van der Waals surface area contributed by atoms with Gasteiger partial charge in [-0.2, -0.15) is 0 Å². The molecule has 1 aliphatic rings. The second-order valence-corrected chi connectivity index (χ2v) is 4.95. The van der Waals surface area contributed by atoms with Crippen LogP contribution in [0.5, 0.6) is 0 Å². The monoisotopic (exact) mass is 241 g/mol. The number of amides is 1. The molecule has 4 nitrogen and oxygen atoms in total. The van der Waals surface area contributed by atoms with Crippen molar-refractivity contribution in [3.8, 4) is 0 Å². The summed E-state index contributed by atoms with van der Waals surface area (Å²) in [6, 6.07) is 0.0144. The van der Waals surface area contributed by atoms with Gasteiger partial charge in [0.1, 0.15) is 6.54 Å². The maximum atomic E-state index is 12.3. The molecule has 0 radical (unpaired) electrons. The van der Waals surface area contributed by atoms with Crippen LogP contribution in [0.4, 0.5) is 0 Å². The molecule has 0 spiro atoms. The van der Waals surface area contributed by atoms with E-state index in [0.29, 0.717) is 0 Å². The standard InChI is InChI=1S/C13H23NO3/c1-3-10(2)14(9-12(15)16)13(17)11-7-5-4-6-8-11/h10-11H,3-9H2,1-2H3,(H,15,16). The van der Waals surface area contributed by atoms with E-state index in [-0.39, 0.29) is 24.4 Å². The second-order valence-electron chi connectivity index (χ2n) is 4.95. The Kier molecular flexibility index (Phi) is 5.45. The van der Waals surface area contributed by atoms with Gasteiger partial charge in [0, 0.05) is 12.0 Å². The highest BCUT2D eigenvalue weighted by Crippen LogP contribution is 2.26. The molecule has 1 saturated carbocycles. The molecule has 0 bridgehead atoms. The Hall–Kier alpha value is -1.06. The zero-order valence-corrected chi connectivity index (χ0v) is 10.8. The Morgan fingerprint density at radius 3 is 2.35 bits per heavy atom. The van der Waals surface area contributed by atoms with Gasteiger partial charge in [-0.1, -0.05) is 26.2 Å². The van der Waals surface area contributed by atoms with Crippen LogP contribution in [0.25, 0.3) is 0 Å². The molecule has 0 aromatic rings. The number of carboxylic acid groups (broad SMARTS) is 1. The summed E-state index contributed by atoms with van der Waals surface area (Å²) in [7, 11) is 0. The zero-order valence-electron chi connectivity index (χ0n) is 10.8. The lowest BCUT2D eigenvalue weighted by Gasteiger charge is -2.32. The molecule has 0 aromatic heterocycles. The van der Waals surface area contributed by atoms with Gasteiger partial charge in [-0.15, -0.1) is 0 Å². The average molecular weight is 241 g/mol. The smallest absolute Gasteiger partial charge is 0.323 e. The van der Waals surface area contributed by atoms with Crippen molar-refractivity contribution in [2.75, 3.05) is 6.54 Å². The summed E-state index contributed by atoms with van der Waals surface area (Å²) in [4.78, 5) is 24.7. The molecule has 1 aliphatic carbocycles. The van der Waals surface area contributed by atoms with E-state index >= 15 is 0 Å². The van der Waals surface area contributed by atoms with Gasteiger partial charge < -0.3 is 10.0 Å². The summed E-state index contributed by atoms with van der Waals surface area (Å²) in [6.07, 6.45) is 6.03. The fraction of sp³-hybridized carbons (Fsp3) is 0.846. The summed E-state index contributed by atoms with van der Waals surface area (Å²) >= 11 is 0. The Balaban J connectivity index is 2.66. The molecule has 1 fully saturated rings. The number of carboxylic acids is 1. The van der Waals surface area contributed by atoms with Crippen molar-refractivity contribution in [1.29, 1.82) is 0 Å². The van der Waals surface area contributed by atoms with Gasteiger partial charge in [0.05, 0.1) is 0 Å². The molecular formula is C13H23NO3. The lowest BCUT2D eigenvalue weighted by atomic mass is 9.88. The molecule has 1 atom stereocenters. The minimum absolute atomic E-state index is 0.0144. The van der Waals surface area contributed by atoms with Crippen LogP contribution in [0.3, 0.4) is 0 Å². The minimum Gasteiger partial charge on any atom is -0.480 e. The maximum Gasteiger partial charge on any atom is 0.323 e. The van der Waals surface area contributed by atoms with Gasteiger partial charge in [-0.25, -0.2) is 0 Å². The first-order valence-electron chi connectivity index (χ1n) is 6.58. The fourth-order valence-corrected chi connectivity index (χ4v) is 2.40. The molecule has 1 unspecified atom stereocenters. The number of carbonyl (C=O) groups is 2. The van der Waals surface area contributed by atoms with Crippen molar-refractivity contribution in [2.45, 2.75) is 58.4 Å². The number of carbonyl (C=O) groups excluding carboxylic acids is 1. The van der Waals surface area contributed by atoms with Crippen molar-refractivity contribution in [2.24, 2.45) is 5.92 Å². The largest absolute Gasteiger partial charge is 0.480 e. The van der Waals surface area contributed by atoms with Gasteiger partial charge >= 0.3 is 5.97 Å². The first-order chi connectivity index (χ1) is 8.06. The maximum absolute atomic E-state index is 12.3. The number of hydrogen-bond donors (Lipinski definition) is 1. The van der Waals surface area contributed by atoms with Crippen molar-refractivity contribution in [3.05, 3.63) is 0 Å². The van der Waals surface area contributed by atoms with Crippen LogP contribution in [-0.4, -0.2) is 34.5 Å². The number of rotatable bonds is 5. The molecule has 0 heterocycles. The van der Waals surface area contributed by atoms with Crippen molar-refractivity contribution >= 4 is 11.9 Å². The van der Waals surface area contributed by atoms with Gasteiger partial charge in [0.2, 0.25) is 5.91 Å². The first-order valence-corrected chi connectivity index (χ1v) is 6.58. The van der Waals surface area contributed by atoms with Crippen molar-refractivity contribution in [3.63, 3.8) is 0 Å². The highest BCUT2D eigenvalue weighted by Gasteiger charge is 2.29. The molecule has 17 heavy (non-hydrogen) atoms. The summed E-state index contributed by atoms with van der Waals surface area (Å²) in [5.74, 6) is -0.826. The van der Waals surface area contributed by atoms with Gasteiger partial charge in [0.25, 0.3) is 0 Å². The van der Waals surface area contributed by atoms with Crippen LogP contribution >= 0.6 is 0 Å². The molecular weight excluding hydrogens is 218 g/mol. The third kappa shape index (κ3) is 4.02. The lowest BCUT2D eigenvalue weighted by molar-refractivity contribution is -0.148. The van der Waals surface area contributed by atoms with Gasteiger partial charge in [-0.3, -0.25) is 9.59 Å². The van der Waals surface area contributed by atoms with E-state index in [1.165, 1.54) is 6.42 Å². The molecule has 98 valence electrons. The topological polar surface area (TPSA) is 57.6 Å². The van der Waals surface area contributed by atoms with Crippen LogP contribution in [0.15, 0.2) is 0 Å². The van der Waals surface area contributed by atoms with E-state index < -0.39 is 5.97 Å². The van der Waals surface area contributed by atoms with Crippen molar-refractivity contribution in [1.82, 2.24) is 4.90 Å². The molecule has 0 saturated heterocycles. The van der Waals surface area contributed by atoms with E-state index in [1.54, 1.807) is 4.90 Å². The molecule has 1 rings (SSSR count). The van der Waals surface area contributed by atoms with E-state index in [2.05, 4.69) is 0 Å². The quantitative estimate of drug-likeness (QED) is 0.803.